The van der Waals surface area contributed by atoms with Gasteiger partial charge >= 0.3 is 0 Å². The van der Waals surface area contributed by atoms with Crippen molar-refractivity contribution in [2.45, 2.75) is 27.2 Å². The summed E-state index contributed by atoms with van der Waals surface area (Å²) in [5.41, 5.74) is 3.77. The summed E-state index contributed by atoms with van der Waals surface area (Å²) in [6.45, 7) is 11.5. The first-order valence-corrected chi connectivity index (χ1v) is 5.68. The molecule has 1 saturated carbocycles. The first-order valence-electron chi connectivity index (χ1n) is 5.68. The van der Waals surface area contributed by atoms with Gasteiger partial charge in [-0.2, -0.15) is 0 Å². The predicted molar refractivity (Wildman–Crippen MR) is 60.3 cm³/mol. The fourth-order valence-corrected chi connectivity index (χ4v) is 2.04. The molecule has 2 rings (SSSR count). The number of hydrogen-bond acceptors (Lipinski definition) is 2. The van der Waals surface area contributed by atoms with Crippen molar-refractivity contribution in [3.8, 4) is 0 Å². The van der Waals surface area contributed by atoms with Gasteiger partial charge in [-0.15, -0.1) is 0 Å². The third kappa shape index (κ3) is 2.18. The van der Waals surface area contributed by atoms with Crippen molar-refractivity contribution in [1.82, 2.24) is 10.6 Å². The number of rotatable bonds is 4. The molecular weight excluding hydrogens is 172 g/mol. The molecule has 1 atom stereocenters. The van der Waals surface area contributed by atoms with Gasteiger partial charge in [0.1, 0.15) is 0 Å². The monoisotopic (exact) mass is 194 g/mol. The van der Waals surface area contributed by atoms with E-state index in [4.69, 9.17) is 0 Å². The van der Waals surface area contributed by atoms with Crippen LogP contribution in [0, 0.1) is 11.3 Å². The molecule has 0 aromatic carbocycles. The zero-order valence-electron chi connectivity index (χ0n) is 9.61. The molecule has 2 N–H and O–H groups in total. The van der Waals surface area contributed by atoms with Crippen LogP contribution in [0.2, 0.25) is 0 Å². The molecule has 1 aliphatic carbocycles. The first kappa shape index (κ1) is 10.2. The number of nitrogens with one attached hydrogen (secondary N) is 2. The highest BCUT2D eigenvalue weighted by atomic mass is 14.9. The maximum Gasteiger partial charge on any atom is 0.0183 e. The van der Waals surface area contributed by atoms with E-state index in [-0.39, 0.29) is 0 Å². The Bertz CT molecular complexity index is 247. The average Bonchev–Trinajstić information content (AvgIpc) is 2.55. The molecule has 2 aliphatic rings. The maximum atomic E-state index is 3.57. The van der Waals surface area contributed by atoms with Crippen LogP contribution < -0.4 is 10.6 Å². The zero-order chi connectivity index (χ0) is 10.2. The van der Waals surface area contributed by atoms with Crippen molar-refractivity contribution in [3.63, 3.8) is 0 Å². The summed E-state index contributed by atoms with van der Waals surface area (Å²) in [5.74, 6) is 0.916. The lowest BCUT2D eigenvalue weighted by Gasteiger charge is -2.22. The molecule has 1 saturated heterocycles. The van der Waals surface area contributed by atoms with Crippen molar-refractivity contribution in [2.75, 3.05) is 26.2 Å². The highest BCUT2D eigenvalue weighted by Crippen LogP contribution is 2.50. The summed E-state index contributed by atoms with van der Waals surface area (Å²) in [4.78, 5) is 0. The van der Waals surface area contributed by atoms with E-state index in [1.165, 1.54) is 13.0 Å². The summed E-state index contributed by atoms with van der Waals surface area (Å²) in [5, 5.41) is 6.85. The van der Waals surface area contributed by atoms with Gasteiger partial charge in [-0.3, -0.25) is 0 Å². The molecule has 2 fully saturated rings. The molecule has 0 aromatic heterocycles. The van der Waals surface area contributed by atoms with Crippen molar-refractivity contribution >= 4 is 0 Å². The Morgan fingerprint density at radius 2 is 2.14 bits per heavy atom. The Morgan fingerprint density at radius 3 is 2.57 bits per heavy atom. The quantitative estimate of drug-likeness (QED) is 0.663. The fourth-order valence-electron chi connectivity index (χ4n) is 2.04. The maximum absolute atomic E-state index is 3.57. The van der Waals surface area contributed by atoms with Crippen LogP contribution in [0.1, 0.15) is 27.2 Å². The summed E-state index contributed by atoms with van der Waals surface area (Å²) < 4.78 is 0. The van der Waals surface area contributed by atoms with Gasteiger partial charge in [0.05, 0.1) is 0 Å². The zero-order valence-corrected chi connectivity index (χ0v) is 9.61. The highest BCUT2D eigenvalue weighted by Gasteiger charge is 2.44. The Labute approximate surface area is 87.2 Å². The minimum Gasteiger partial charge on any atom is -0.313 e. The predicted octanol–water partition coefficient (Wildman–Crippen LogP) is 1.54. The third-order valence-electron chi connectivity index (χ3n) is 3.78. The van der Waals surface area contributed by atoms with E-state index in [0.29, 0.717) is 5.41 Å². The van der Waals surface area contributed by atoms with E-state index < -0.39 is 0 Å². The summed E-state index contributed by atoms with van der Waals surface area (Å²) >= 11 is 0. The second kappa shape index (κ2) is 3.67. The van der Waals surface area contributed by atoms with Crippen molar-refractivity contribution in [2.24, 2.45) is 11.3 Å². The summed E-state index contributed by atoms with van der Waals surface area (Å²) in [7, 11) is 0. The lowest BCUT2D eigenvalue weighted by Crippen LogP contribution is -2.36. The van der Waals surface area contributed by atoms with Gasteiger partial charge in [-0.25, -0.2) is 0 Å². The summed E-state index contributed by atoms with van der Waals surface area (Å²) in [6, 6.07) is 0. The lowest BCUT2D eigenvalue weighted by molar-refractivity contribution is 0.527. The minimum absolute atomic E-state index is 0.617. The normalized spacial score (nSPS) is 28.5. The van der Waals surface area contributed by atoms with E-state index in [1.807, 2.05) is 0 Å². The van der Waals surface area contributed by atoms with Crippen LogP contribution in [-0.4, -0.2) is 26.2 Å². The fraction of sp³-hybridized carbons (Fsp3) is 0.833. The second-order valence-corrected chi connectivity index (χ2v) is 5.51. The molecule has 0 bridgehead atoms. The van der Waals surface area contributed by atoms with Crippen LogP contribution in [0.25, 0.3) is 0 Å². The lowest BCUT2D eigenvalue weighted by atomic mass is 10.0. The standard InChI is InChI=1S/C12H22N2/c1-9(10-6-14-7-10)5-13-8-11-4-12(11,2)3/h11,13-14H,4-8H2,1-3H3. The molecule has 2 nitrogen and oxygen atoms in total. The van der Waals surface area contributed by atoms with Crippen LogP contribution >= 0.6 is 0 Å². The van der Waals surface area contributed by atoms with Crippen molar-refractivity contribution in [3.05, 3.63) is 11.1 Å². The second-order valence-electron chi connectivity index (χ2n) is 5.51. The number of hydrogen-bond donors (Lipinski definition) is 2. The molecule has 0 radical (unpaired) electrons. The molecule has 14 heavy (non-hydrogen) atoms. The van der Waals surface area contributed by atoms with Gasteiger partial charge in [-0.1, -0.05) is 19.4 Å². The van der Waals surface area contributed by atoms with E-state index in [0.717, 1.165) is 25.6 Å². The van der Waals surface area contributed by atoms with Crippen molar-refractivity contribution < 1.29 is 0 Å². The van der Waals surface area contributed by atoms with Crippen molar-refractivity contribution in [1.29, 1.82) is 0 Å². The molecule has 80 valence electrons. The Morgan fingerprint density at radius 1 is 1.50 bits per heavy atom. The van der Waals surface area contributed by atoms with Crippen LogP contribution in [0.4, 0.5) is 0 Å². The van der Waals surface area contributed by atoms with E-state index in [9.17, 15) is 0 Å². The molecule has 1 aliphatic heterocycles. The van der Waals surface area contributed by atoms with Gasteiger partial charge in [0.2, 0.25) is 0 Å². The Balaban J connectivity index is 1.64. The van der Waals surface area contributed by atoms with Gasteiger partial charge in [0.15, 0.2) is 0 Å². The average molecular weight is 194 g/mol. The van der Waals surface area contributed by atoms with E-state index in [1.54, 1.807) is 11.1 Å². The molecule has 1 unspecified atom stereocenters. The molecule has 0 spiro atoms. The van der Waals surface area contributed by atoms with Crippen LogP contribution in [-0.2, 0) is 0 Å². The van der Waals surface area contributed by atoms with Gasteiger partial charge in [0.25, 0.3) is 0 Å². The van der Waals surface area contributed by atoms with E-state index in [2.05, 4.69) is 31.4 Å². The molecule has 0 amide bonds. The smallest absolute Gasteiger partial charge is 0.0183 e. The Hall–Kier alpha value is -0.340. The van der Waals surface area contributed by atoms with Crippen LogP contribution in [0.5, 0.6) is 0 Å². The Kier molecular flexibility index (Phi) is 2.67. The molecular formula is C12H22N2. The largest absolute Gasteiger partial charge is 0.313 e. The van der Waals surface area contributed by atoms with Gasteiger partial charge in [0, 0.05) is 19.6 Å². The van der Waals surface area contributed by atoms with Gasteiger partial charge < -0.3 is 10.6 Å². The molecule has 0 aromatic rings. The molecule has 2 heteroatoms. The third-order valence-corrected chi connectivity index (χ3v) is 3.78. The van der Waals surface area contributed by atoms with E-state index >= 15 is 0 Å². The molecule has 1 heterocycles. The highest BCUT2D eigenvalue weighted by molar-refractivity contribution is 5.22. The minimum atomic E-state index is 0.617. The SMILES string of the molecule is CC(CNCC1CC1(C)C)=C1CNC1. The van der Waals surface area contributed by atoms with Crippen LogP contribution in [0.15, 0.2) is 11.1 Å². The summed E-state index contributed by atoms with van der Waals surface area (Å²) in [6.07, 6.45) is 1.40. The topological polar surface area (TPSA) is 24.1 Å². The van der Waals surface area contributed by atoms with Gasteiger partial charge in [-0.05, 0) is 36.8 Å². The first-order chi connectivity index (χ1) is 6.59. The van der Waals surface area contributed by atoms with Crippen LogP contribution in [0.3, 0.4) is 0 Å².